The molecule has 0 amide bonds. The van der Waals surface area contributed by atoms with Gasteiger partial charge in [0.1, 0.15) is 40.0 Å². The SMILES string of the molecule is CC(C)n1ncnc1-c1cn2c(n1)-c1ccc(C3CN(CCS(C)(=O)=O)C3)cc1OCC2. The summed E-state index contributed by atoms with van der Waals surface area (Å²) in [7, 11) is -2.92. The molecule has 5 rings (SSSR count). The van der Waals surface area contributed by atoms with Crippen LogP contribution >= 0.6 is 0 Å². The topological polar surface area (TPSA) is 95.1 Å². The summed E-state index contributed by atoms with van der Waals surface area (Å²) in [5, 5.41) is 4.33. The van der Waals surface area contributed by atoms with E-state index in [0.717, 1.165) is 41.7 Å². The van der Waals surface area contributed by atoms with Crippen molar-refractivity contribution >= 4 is 9.84 Å². The largest absolute Gasteiger partial charge is 0.491 e. The van der Waals surface area contributed by atoms with Crippen molar-refractivity contribution in [3.8, 4) is 28.7 Å². The molecule has 9 nitrogen and oxygen atoms in total. The smallest absolute Gasteiger partial charge is 0.178 e. The molecule has 0 spiro atoms. The Morgan fingerprint density at radius 2 is 2.03 bits per heavy atom. The van der Waals surface area contributed by atoms with Gasteiger partial charge in [0.25, 0.3) is 0 Å². The van der Waals surface area contributed by atoms with Gasteiger partial charge in [-0.05, 0) is 31.5 Å². The monoisotopic (exact) mass is 456 g/mol. The first-order valence-corrected chi connectivity index (χ1v) is 13.0. The van der Waals surface area contributed by atoms with Crippen LogP contribution in [0.2, 0.25) is 0 Å². The number of benzene rings is 1. The van der Waals surface area contributed by atoms with Crippen molar-refractivity contribution in [2.45, 2.75) is 32.4 Å². The molecule has 0 unspecified atom stereocenters. The molecule has 3 aromatic rings. The molecular weight excluding hydrogens is 428 g/mol. The zero-order chi connectivity index (χ0) is 22.5. The van der Waals surface area contributed by atoms with Crippen LogP contribution in [0, 0.1) is 0 Å². The van der Waals surface area contributed by atoms with E-state index in [-0.39, 0.29) is 11.8 Å². The molecule has 4 heterocycles. The van der Waals surface area contributed by atoms with Crippen molar-refractivity contribution in [1.82, 2.24) is 29.2 Å². The number of likely N-dealkylation sites (tertiary alicyclic amines) is 1. The van der Waals surface area contributed by atoms with Crippen molar-refractivity contribution in [2.24, 2.45) is 0 Å². The molecule has 0 N–H and O–H groups in total. The Morgan fingerprint density at radius 3 is 2.78 bits per heavy atom. The van der Waals surface area contributed by atoms with Crippen molar-refractivity contribution in [3.63, 3.8) is 0 Å². The first-order chi connectivity index (χ1) is 15.3. The lowest BCUT2D eigenvalue weighted by Crippen LogP contribution is -2.46. The highest BCUT2D eigenvalue weighted by Crippen LogP contribution is 2.37. The molecule has 10 heteroatoms. The van der Waals surface area contributed by atoms with Crippen LogP contribution in [0.5, 0.6) is 5.75 Å². The quantitative estimate of drug-likeness (QED) is 0.561. The molecule has 0 radical (unpaired) electrons. The van der Waals surface area contributed by atoms with Crippen LogP contribution in [0.3, 0.4) is 0 Å². The molecule has 170 valence electrons. The molecule has 0 atom stereocenters. The molecule has 0 saturated carbocycles. The fourth-order valence-electron chi connectivity index (χ4n) is 4.33. The van der Waals surface area contributed by atoms with Gasteiger partial charge in [-0.15, -0.1) is 0 Å². The minimum atomic E-state index is -2.92. The first-order valence-electron chi connectivity index (χ1n) is 10.9. The van der Waals surface area contributed by atoms with Gasteiger partial charge in [0.05, 0.1) is 17.9 Å². The normalized spacial score (nSPS) is 16.9. The van der Waals surface area contributed by atoms with Crippen LogP contribution in [0.4, 0.5) is 0 Å². The highest BCUT2D eigenvalue weighted by molar-refractivity contribution is 7.90. The number of hydrogen-bond acceptors (Lipinski definition) is 7. The Labute approximate surface area is 188 Å². The van der Waals surface area contributed by atoms with Crippen molar-refractivity contribution in [3.05, 3.63) is 36.3 Å². The van der Waals surface area contributed by atoms with Gasteiger partial charge >= 0.3 is 0 Å². The number of imidazole rings is 1. The second-order valence-corrected chi connectivity index (χ2v) is 11.2. The third kappa shape index (κ3) is 4.04. The van der Waals surface area contributed by atoms with Gasteiger partial charge in [-0.25, -0.2) is 23.1 Å². The zero-order valence-corrected chi connectivity index (χ0v) is 19.4. The summed E-state index contributed by atoms with van der Waals surface area (Å²) in [4.78, 5) is 11.5. The van der Waals surface area contributed by atoms with Gasteiger partial charge < -0.3 is 14.2 Å². The minimum Gasteiger partial charge on any atom is -0.491 e. The van der Waals surface area contributed by atoms with Crippen LogP contribution in [0.15, 0.2) is 30.7 Å². The van der Waals surface area contributed by atoms with Crippen molar-refractivity contribution in [1.29, 1.82) is 0 Å². The fourth-order valence-corrected chi connectivity index (χ4v) is 4.92. The highest BCUT2D eigenvalue weighted by Gasteiger charge is 2.30. The number of hydrogen-bond donors (Lipinski definition) is 0. The van der Waals surface area contributed by atoms with E-state index in [0.29, 0.717) is 25.6 Å². The van der Waals surface area contributed by atoms with Crippen LogP contribution in [0.25, 0.3) is 22.9 Å². The van der Waals surface area contributed by atoms with E-state index in [1.807, 2.05) is 10.9 Å². The number of nitrogens with zero attached hydrogens (tertiary/aromatic N) is 6. The summed E-state index contributed by atoms with van der Waals surface area (Å²) in [5.74, 6) is 3.09. The van der Waals surface area contributed by atoms with Gasteiger partial charge in [0.2, 0.25) is 0 Å². The van der Waals surface area contributed by atoms with Crippen LogP contribution in [-0.4, -0.2) is 75.9 Å². The van der Waals surface area contributed by atoms with E-state index in [9.17, 15) is 8.42 Å². The van der Waals surface area contributed by atoms with Crippen LogP contribution in [0.1, 0.15) is 31.4 Å². The number of rotatable bonds is 6. The van der Waals surface area contributed by atoms with E-state index in [1.54, 1.807) is 6.33 Å². The lowest BCUT2D eigenvalue weighted by molar-refractivity contribution is 0.158. The molecule has 1 saturated heterocycles. The molecule has 32 heavy (non-hydrogen) atoms. The van der Waals surface area contributed by atoms with Gasteiger partial charge in [-0.1, -0.05) is 6.07 Å². The molecular formula is C22H28N6O3S. The number of aromatic nitrogens is 5. The van der Waals surface area contributed by atoms with E-state index in [4.69, 9.17) is 9.72 Å². The average molecular weight is 457 g/mol. The zero-order valence-electron chi connectivity index (χ0n) is 18.6. The second-order valence-electron chi connectivity index (χ2n) is 8.96. The van der Waals surface area contributed by atoms with E-state index in [1.165, 1.54) is 11.8 Å². The van der Waals surface area contributed by atoms with Gasteiger partial charge in [0.15, 0.2) is 5.82 Å². The number of ether oxygens (including phenoxy) is 1. The van der Waals surface area contributed by atoms with E-state index in [2.05, 4.69) is 51.6 Å². The van der Waals surface area contributed by atoms with E-state index < -0.39 is 9.84 Å². The Hall–Kier alpha value is -2.72. The minimum absolute atomic E-state index is 0.201. The summed E-state index contributed by atoms with van der Waals surface area (Å²) in [6.45, 7) is 7.78. The maximum absolute atomic E-state index is 11.4. The maximum atomic E-state index is 11.4. The van der Waals surface area contributed by atoms with Crippen LogP contribution < -0.4 is 4.74 Å². The van der Waals surface area contributed by atoms with Gasteiger partial charge in [0, 0.05) is 44.0 Å². The molecule has 2 aliphatic heterocycles. The summed E-state index contributed by atoms with van der Waals surface area (Å²) in [6, 6.07) is 6.55. The lowest BCUT2D eigenvalue weighted by atomic mass is 9.90. The van der Waals surface area contributed by atoms with E-state index >= 15 is 0 Å². The predicted octanol–water partition coefficient (Wildman–Crippen LogP) is 2.23. The van der Waals surface area contributed by atoms with Crippen LogP contribution in [-0.2, 0) is 16.4 Å². The average Bonchev–Trinajstić information content (AvgIpc) is 3.30. The fraction of sp³-hybridized carbons (Fsp3) is 0.500. The number of sulfone groups is 1. The predicted molar refractivity (Wildman–Crippen MR) is 121 cm³/mol. The Balaban J connectivity index is 1.37. The molecule has 0 bridgehead atoms. The number of fused-ring (bicyclic) bond motifs is 3. The third-order valence-corrected chi connectivity index (χ3v) is 7.04. The lowest BCUT2D eigenvalue weighted by Gasteiger charge is -2.39. The summed E-state index contributed by atoms with van der Waals surface area (Å²) >= 11 is 0. The molecule has 1 fully saturated rings. The molecule has 0 aliphatic carbocycles. The maximum Gasteiger partial charge on any atom is 0.178 e. The Morgan fingerprint density at radius 1 is 1.22 bits per heavy atom. The highest BCUT2D eigenvalue weighted by atomic mass is 32.2. The second kappa shape index (κ2) is 8.00. The summed E-state index contributed by atoms with van der Waals surface area (Å²) in [6.07, 6.45) is 4.88. The van der Waals surface area contributed by atoms with Gasteiger partial charge in [-0.2, -0.15) is 5.10 Å². The first kappa shape index (κ1) is 21.1. The summed E-state index contributed by atoms with van der Waals surface area (Å²) in [5.41, 5.74) is 3.00. The molecule has 1 aromatic carbocycles. The van der Waals surface area contributed by atoms with Gasteiger partial charge in [-0.3, -0.25) is 0 Å². The standard InChI is InChI=1S/C22H28N6O3S/c1-15(2)28-22(23-14-24-28)19-13-27-6-8-31-20-10-16(4-5-18(20)21(27)25-19)17-11-26(12-17)7-9-32(3,29)30/h4-5,10,13-15,17H,6-9,11-12H2,1-3H3. The third-order valence-electron chi connectivity index (χ3n) is 6.11. The molecule has 2 aromatic heterocycles. The Kier molecular flexibility index (Phi) is 5.29. The molecule has 2 aliphatic rings. The van der Waals surface area contributed by atoms with Crippen molar-refractivity contribution in [2.75, 3.05) is 38.2 Å². The Bertz CT molecular complexity index is 1240. The van der Waals surface area contributed by atoms with Crippen molar-refractivity contribution < 1.29 is 13.2 Å². The summed E-state index contributed by atoms with van der Waals surface area (Å²) < 4.78 is 32.9.